The molecule has 0 unspecified atom stereocenters. The van der Waals surface area contributed by atoms with Crippen LogP contribution in [-0.4, -0.2) is 38.3 Å². The second kappa shape index (κ2) is 18.5. The SMILES string of the molecule is CCCCCCCCCCS(=O)(=O)c1ccc(C(c2ccccc2)c2ccc(S(=O)(=O)CCCCCCCCCC)[nH]2)[nH]1. The van der Waals surface area contributed by atoms with Crippen LogP contribution in [0.4, 0.5) is 0 Å². The van der Waals surface area contributed by atoms with Gasteiger partial charge in [0.05, 0.1) is 17.4 Å². The van der Waals surface area contributed by atoms with E-state index in [1.165, 1.54) is 64.2 Å². The molecule has 240 valence electrons. The molecule has 2 aromatic heterocycles. The van der Waals surface area contributed by atoms with Crippen LogP contribution < -0.4 is 0 Å². The molecular formula is C35H54N2O4S2. The third-order valence-electron chi connectivity index (χ3n) is 8.32. The molecule has 3 rings (SSSR count). The zero-order valence-corrected chi connectivity index (χ0v) is 28.1. The highest BCUT2D eigenvalue weighted by molar-refractivity contribution is 7.91. The first-order valence-corrected chi connectivity index (χ1v) is 20.0. The third-order valence-corrected chi connectivity index (χ3v) is 11.8. The van der Waals surface area contributed by atoms with Crippen LogP contribution in [-0.2, 0) is 19.7 Å². The minimum absolute atomic E-state index is 0.127. The summed E-state index contributed by atoms with van der Waals surface area (Å²) in [5.74, 6) is -0.0938. The normalized spacial score (nSPS) is 12.3. The Morgan fingerprint density at radius 1 is 0.488 bits per heavy atom. The predicted molar refractivity (Wildman–Crippen MR) is 178 cm³/mol. The molecule has 0 aliphatic rings. The Morgan fingerprint density at radius 3 is 1.26 bits per heavy atom. The number of nitrogens with one attached hydrogen (secondary N) is 2. The Bertz CT molecular complexity index is 1300. The largest absolute Gasteiger partial charge is 0.349 e. The van der Waals surface area contributed by atoms with Crippen molar-refractivity contribution in [1.82, 2.24) is 9.97 Å². The summed E-state index contributed by atoms with van der Waals surface area (Å²) in [5, 5.41) is 0.445. The number of hydrogen-bond donors (Lipinski definition) is 2. The van der Waals surface area contributed by atoms with E-state index in [0.29, 0.717) is 12.8 Å². The monoisotopic (exact) mass is 630 g/mol. The van der Waals surface area contributed by atoms with Crippen molar-refractivity contribution < 1.29 is 16.8 Å². The molecule has 0 saturated carbocycles. The van der Waals surface area contributed by atoms with Gasteiger partial charge >= 0.3 is 0 Å². The lowest BCUT2D eigenvalue weighted by Gasteiger charge is -2.15. The summed E-state index contributed by atoms with van der Waals surface area (Å²) >= 11 is 0. The molecule has 0 saturated heterocycles. The molecule has 0 aliphatic heterocycles. The lowest BCUT2D eigenvalue weighted by molar-refractivity contribution is 0.570. The third kappa shape index (κ3) is 11.6. The minimum Gasteiger partial charge on any atom is -0.349 e. The maximum absolute atomic E-state index is 13.1. The molecule has 0 radical (unpaired) electrons. The van der Waals surface area contributed by atoms with Gasteiger partial charge in [0.25, 0.3) is 0 Å². The molecule has 2 heterocycles. The average Bonchev–Trinajstić information content (AvgIpc) is 3.69. The average molecular weight is 631 g/mol. The number of H-pyrrole nitrogens is 2. The number of benzene rings is 1. The fourth-order valence-corrected chi connectivity index (χ4v) is 8.43. The van der Waals surface area contributed by atoms with Gasteiger partial charge in [-0.25, -0.2) is 16.8 Å². The van der Waals surface area contributed by atoms with Crippen molar-refractivity contribution in [3.05, 3.63) is 71.5 Å². The molecule has 0 spiro atoms. The molecule has 0 fully saturated rings. The molecule has 43 heavy (non-hydrogen) atoms. The van der Waals surface area contributed by atoms with Gasteiger partial charge in [-0.15, -0.1) is 0 Å². The highest BCUT2D eigenvalue weighted by Gasteiger charge is 2.25. The van der Waals surface area contributed by atoms with Crippen LogP contribution in [0.5, 0.6) is 0 Å². The Hall–Kier alpha value is -2.32. The van der Waals surface area contributed by atoms with Crippen molar-refractivity contribution in [3.8, 4) is 0 Å². The molecule has 8 heteroatoms. The van der Waals surface area contributed by atoms with Gasteiger partial charge in [-0.05, 0) is 42.7 Å². The van der Waals surface area contributed by atoms with Crippen molar-refractivity contribution in [1.29, 1.82) is 0 Å². The standard InChI is InChI=1S/C35H54N2O4S2/c1-3-5-7-9-11-13-15-20-28-42(38,39)33-26-24-31(36-33)35(30-22-18-17-19-23-30)32-25-27-34(37-32)43(40,41)29-21-16-14-12-10-8-6-4-2/h17-19,22-27,35-37H,3-16,20-21,28-29H2,1-2H3. The first-order valence-electron chi connectivity index (χ1n) is 16.7. The first-order chi connectivity index (χ1) is 20.8. The molecule has 0 aliphatic carbocycles. The molecule has 0 bridgehead atoms. The fourth-order valence-electron chi connectivity index (χ4n) is 5.73. The number of sulfone groups is 2. The minimum atomic E-state index is -3.44. The van der Waals surface area contributed by atoms with E-state index in [0.717, 1.165) is 42.6 Å². The van der Waals surface area contributed by atoms with Crippen LogP contribution in [0.1, 0.15) is 139 Å². The highest BCUT2D eigenvalue weighted by Crippen LogP contribution is 2.32. The Morgan fingerprint density at radius 2 is 0.860 bits per heavy atom. The van der Waals surface area contributed by atoms with Gasteiger partial charge in [-0.2, -0.15) is 0 Å². The van der Waals surface area contributed by atoms with Crippen LogP contribution in [0.3, 0.4) is 0 Å². The molecule has 0 amide bonds. The van der Waals surface area contributed by atoms with Crippen molar-refractivity contribution in [3.63, 3.8) is 0 Å². The van der Waals surface area contributed by atoms with Crippen LogP contribution in [0.15, 0.2) is 64.6 Å². The van der Waals surface area contributed by atoms with Gasteiger partial charge in [-0.3, -0.25) is 0 Å². The maximum atomic E-state index is 13.1. The van der Waals surface area contributed by atoms with Crippen molar-refractivity contribution in [2.75, 3.05) is 11.5 Å². The lowest BCUT2D eigenvalue weighted by Crippen LogP contribution is -2.10. The van der Waals surface area contributed by atoms with Gasteiger partial charge in [0.15, 0.2) is 19.7 Å². The topological polar surface area (TPSA) is 99.9 Å². The lowest BCUT2D eigenvalue weighted by atomic mass is 9.93. The predicted octanol–water partition coefficient (Wildman–Crippen LogP) is 9.35. The number of aromatic amines is 2. The maximum Gasteiger partial charge on any atom is 0.193 e. The second-order valence-electron chi connectivity index (χ2n) is 12.0. The highest BCUT2D eigenvalue weighted by atomic mass is 32.2. The van der Waals surface area contributed by atoms with Crippen molar-refractivity contribution in [2.24, 2.45) is 0 Å². The van der Waals surface area contributed by atoms with Gasteiger partial charge in [0, 0.05) is 11.4 Å². The van der Waals surface area contributed by atoms with Crippen molar-refractivity contribution >= 4 is 19.7 Å². The van der Waals surface area contributed by atoms with E-state index in [-0.39, 0.29) is 27.5 Å². The van der Waals surface area contributed by atoms with Gasteiger partial charge in [0.1, 0.15) is 10.1 Å². The van der Waals surface area contributed by atoms with Crippen LogP contribution in [0, 0.1) is 0 Å². The van der Waals surface area contributed by atoms with Crippen LogP contribution in [0.2, 0.25) is 0 Å². The summed E-state index contributed by atoms with van der Waals surface area (Å²) in [6.07, 6.45) is 17.6. The summed E-state index contributed by atoms with van der Waals surface area (Å²) in [6, 6.07) is 16.7. The zero-order valence-electron chi connectivity index (χ0n) is 26.5. The van der Waals surface area contributed by atoms with E-state index in [2.05, 4.69) is 23.8 Å². The molecule has 2 N–H and O–H groups in total. The van der Waals surface area contributed by atoms with Gasteiger partial charge < -0.3 is 9.97 Å². The second-order valence-corrected chi connectivity index (χ2v) is 16.1. The van der Waals surface area contributed by atoms with Crippen LogP contribution >= 0.6 is 0 Å². The number of hydrogen-bond acceptors (Lipinski definition) is 4. The fraction of sp³-hybridized carbons (Fsp3) is 0.600. The summed E-state index contributed by atoms with van der Waals surface area (Å²) < 4.78 is 52.6. The molecule has 3 aromatic rings. The molecular weight excluding hydrogens is 577 g/mol. The summed E-state index contributed by atoms with van der Waals surface area (Å²) in [7, 11) is -6.88. The Kier molecular flexibility index (Phi) is 15.1. The smallest absolute Gasteiger partial charge is 0.193 e. The van der Waals surface area contributed by atoms with E-state index < -0.39 is 19.7 Å². The number of aromatic nitrogens is 2. The van der Waals surface area contributed by atoms with Crippen molar-refractivity contribution in [2.45, 2.75) is 133 Å². The quantitative estimate of drug-likeness (QED) is 0.102. The number of unbranched alkanes of at least 4 members (excludes halogenated alkanes) is 14. The van der Waals surface area contributed by atoms with E-state index in [1.54, 1.807) is 12.1 Å². The van der Waals surface area contributed by atoms with Crippen LogP contribution in [0.25, 0.3) is 0 Å². The Balaban J connectivity index is 1.65. The number of rotatable bonds is 23. The van der Waals surface area contributed by atoms with Gasteiger partial charge in [0.2, 0.25) is 0 Å². The molecule has 0 atom stereocenters. The van der Waals surface area contributed by atoms with E-state index in [1.807, 2.05) is 42.5 Å². The molecule has 6 nitrogen and oxygen atoms in total. The first kappa shape index (κ1) is 35.2. The van der Waals surface area contributed by atoms with E-state index >= 15 is 0 Å². The summed E-state index contributed by atoms with van der Waals surface area (Å²) in [4.78, 5) is 6.37. The Labute approximate surface area is 261 Å². The van der Waals surface area contributed by atoms with E-state index in [9.17, 15) is 16.8 Å². The molecule has 1 aromatic carbocycles. The summed E-state index contributed by atoms with van der Waals surface area (Å²) in [5.41, 5.74) is 2.38. The zero-order chi connectivity index (χ0) is 31.0. The van der Waals surface area contributed by atoms with E-state index in [4.69, 9.17) is 0 Å². The summed E-state index contributed by atoms with van der Waals surface area (Å²) in [6.45, 7) is 4.41. The van der Waals surface area contributed by atoms with Gasteiger partial charge in [-0.1, -0.05) is 134 Å².